The van der Waals surface area contributed by atoms with Crippen molar-refractivity contribution in [3.05, 3.63) is 82.9 Å². The SMILES string of the molecule is C=CCn1c(CCNC(=O)c2ccccc2F)nnc1SCC(=O)Nc1ccc(Cl)cc1C. The normalized spacial score (nSPS) is 10.6. The van der Waals surface area contributed by atoms with Gasteiger partial charge in [0.25, 0.3) is 5.91 Å². The molecule has 2 N–H and O–H groups in total. The number of nitrogens with one attached hydrogen (secondary N) is 2. The van der Waals surface area contributed by atoms with Crippen molar-refractivity contribution < 1.29 is 14.0 Å². The van der Waals surface area contributed by atoms with Gasteiger partial charge in [0.2, 0.25) is 5.91 Å². The second kappa shape index (κ2) is 11.6. The number of benzene rings is 2. The van der Waals surface area contributed by atoms with Crippen molar-refractivity contribution in [3.8, 4) is 0 Å². The molecule has 0 atom stereocenters. The maximum Gasteiger partial charge on any atom is 0.254 e. The van der Waals surface area contributed by atoms with Crippen molar-refractivity contribution >= 4 is 40.9 Å². The monoisotopic (exact) mass is 487 g/mol. The van der Waals surface area contributed by atoms with Crippen molar-refractivity contribution in [2.24, 2.45) is 0 Å². The molecule has 2 amide bonds. The highest BCUT2D eigenvalue weighted by Gasteiger charge is 2.15. The van der Waals surface area contributed by atoms with Gasteiger partial charge in [0.15, 0.2) is 5.16 Å². The van der Waals surface area contributed by atoms with E-state index in [1.807, 2.05) is 11.5 Å². The van der Waals surface area contributed by atoms with Crippen LogP contribution in [0, 0.1) is 12.7 Å². The Morgan fingerprint density at radius 1 is 1.24 bits per heavy atom. The second-order valence-electron chi connectivity index (χ2n) is 7.08. The molecule has 0 aliphatic carbocycles. The van der Waals surface area contributed by atoms with Crippen LogP contribution in [0.25, 0.3) is 0 Å². The zero-order valence-electron chi connectivity index (χ0n) is 18.0. The van der Waals surface area contributed by atoms with E-state index in [0.29, 0.717) is 34.7 Å². The molecule has 1 aromatic heterocycles. The third kappa shape index (κ3) is 6.66. The molecule has 0 saturated heterocycles. The molecule has 0 saturated carbocycles. The van der Waals surface area contributed by atoms with Gasteiger partial charge in [-0.2, -0.15) is 0 Å². The van der Waals surface area contributed by atoms with Gasteiger partial charge in [-0.25, -0.2) is 4.39 Å². The number of hydrogen-bond acceptors (Lipinski definition) is 5. The zero-order valence-corrected chi connectivity index (χ0v) is 19.5. The van der Waals surface area contributed by atoms with Gasteiger partial charge < -0.3 is 15.2 Å². The molecule has 0 aliphatic heterocycles. The quantitative estimate of drug-likeness (QED) is 0.329. The first-order chi connectivity index (χ1) is 15.9. The Balaban J connectivity index is 1.57. The number of aromatic nitrogens is 3. The van der Waals surface area contributed by atoms with E-state index in [-0.39, 0.29) is 23.8 Å². The fourth-order valence-electron chi connectivity index (χ4n) is 3.04. The first kappa shape index (κ1) is 24.5. The number of carbonyl (C=O) groups is 2. The summed E-state index contributed by atoms with van der Waals surface area (Å²) in [7, 11) is 0. The van der Waals surface area contributed by atoms with Crippen LogP contribution >= 0.6 is 23.4 Å². The molecular weight excluding hydrogens is 465 g/mol. The molecule has 3 aromatic rings. The molecule has 0 radical (unpaired) electrons. The summed E-state index contributed by atoms with van der Waals surface area (Å²) in [5, 5.41) is 15.1. The maximum absolute atomic E-state index is 13.7. The highest BCUT2D eigenvalue weighted by molar-refractivity contribution is 7.99. The van der Waals surface area contributed by atoms with Gasteiger partial charge in [0.1, 0.15) is 11.6 Å². The molecule has 0 spiro atoms. The van der Waals surface area contributed by atoms with Crippen molar-refractivity contribution in [1.29, 1.82) is 0 Å². The van der Waals surface area contributed by atoms with E-state index in [0.717, 1.165) is 5.56 Å². The van der Waals surface area contributed by atoms with Gasteiger partial charge in [-0.05, 0) is 42.8 Å². The van der Waals surface area contributed by atoms with E-state index < -0.39 is 11.7 Å². The van der Waals surface area contributed by atoms with Crippen molar-refractivity contribution in [2.45, 2.75) is 25.0 Å². The first-order valence-corrected chi connectivity index (χ1v) is 11.5. The first-order valence-electron chi connectivity index (χ1n) is 10.1. The standard InChI is InChI=1S/C23H23ClFN5O2S/c1-3-12-30-20(10-11-26-22(32)17-6-4-5-7-18(17)25)28-29-23(30)33-14-21(31)27-19-9-8-16(24)13-15(19)2/h3-9,13H,1,10-12,14H2,2H3,(H,26,32)(H,27,31). The van der Waals surface area contributed by atoms with Crippen molar-refractivity contribution in [3.63, 3.8) is 0 Å². The summed E-state index contributed by atoms with van der Waals surface area (Å²) in [5.74, 6) is -0.485. The minimum Gasteiger partial charge on any atom is -0.351 e. The number of hydrogen-bond donors (Lipinski definition) is 2. The van der Waals surface area contributed by atoms with Gasteiger partial charge >= 0.3 is 0 Å². The molecular formula is C23H23ClFN5O2S. The lowest BCUT2D eigenvalue weighted by Crippen LogP contribution is -2.27. The number of anilines is 1. The van der Waals surface area contributed by atoms with Gasteiger partial charge in [-0.3, -0.25) is 9.59 Å². The lowest BCUT2D eigenvalue weighted by Gasteiger charge is -2.10. The third-order valence-electron chi connectivity index (χ3n) is 4.65. The number of amides is 2. The fraction of sp³-hybridized carbons (Fsp3) is 0.217. The smallest absolute Gasteiger partial charge is 0.254 e. The number of allylic oxidation sites excluding steroid dienone is 1. The summed E-state index contributed by atoms with van der Waals surface area (Å²) in [6.07, 6.45) is 2.09. The molecule has 2 aromatic carbocycles. The van der Waals surface area contributed by atoms with Crippen molar-refractivity contribution in [1.82, 2.24) is 20.1 Å². The number of aryl methyl sites for hydroxylation is 1. The Labute approximate surface area is 200 Å². The topological polar surface area (TPSA) is 88.9 Å². The van der Waals surface area contributed by atoms with Gasteiger partial charge in [0.05, 0.1) is 11.3 Å². The van der Waals surface area contributed by atoms with E-state index >= 15 is 0 Å². The third-order valence-corrected chi connectivity index (χ3v) is 5.85. The lowest BCUT2D eigenvalue weighted by molar-refractivity contribution is -0.113. The van der Waals surface area contributed by atoms with Gasteiger partial charge in [0, 0.05) is 30.2 Å². The van der Waals surface area contributed by atoms with E-state index in [2.05, 4.69) is 27.4 Å². The largest absolute Gasteiger partial charge is 0.351 e. The van der Waals surface area contributed by atoms with Crippen LogP contribution in [-0.4, -0.2) is 38.9 Å². The van der Waals surface area contributed by atoms with Crippen LogP contribution in [0.4, 0.5) is 10.1 Å². The molecule has 1 heterocycles. The molecule has 0 bridgehead atoms. The summed E-state index contributed by atoms with van der Waals surface area (Å²) >= 11 is 7.20. The fourth-order valence-corrected chi connectivity index (χ4v) is 4.03. The summed E-state index contributed by atoms with van der Waals surface area (Å²) in [6, 6.07) is 11.1. The Bertz CT molecular complexity index is 1170. The van der Waals surface area contributed by atoms with Crippen LogP contribution < -0.4 is 10.6 Å². The highest BCUT2D eigenvalue weighted by Crippen LogP contribution is 2.21. The molecule has 33 heavy (non-hydrogen) atoms. The average molecular weight is 488 g/mol. The Hall–Kier alpha value is -3.17. The number of rotatable bonds is 10. The van der Waals surface area contributed by atoms with Crippen LogP contribution in [0.1, 0.15) is 21.7 Å². The molecule has 172 valence electrons. The van der Waals surface area contributed by atoms with Gasteiger partial charge in [-0.1, -0.05) is 41.6 Å². The molecule has 0 aliphatic rings. The summed E-state index contributed by atoms with van der Waals surface area (Å²) < 4.78 is 15.6. The zero-order chi connectivity index (χ0) is 23.8. The summed E-state index contributed by atoms with van der Waals surface area (Å²) in [4.78, 5) is 24.6. The minimum absolute atomic E-state index is 0.0109. The van der Waals surface area contributed by atoms with Crippen LogP contribution in [0.3, 0.4) is 0 Å². The van der Waals surface area contributed by atoms with E-state index in [1.165, 1.54) is 30.0 Å². The maximum atomic E-state index is 13.7. The van der Waals surface area contributed by atoms with Crippen LogP contribution in [0.2, 0.25) is 5.02 Å². The molecule has 7 nitrogen and oxygen atoms in total. The second-order valence-corrected chi connectivity index (χ2v) is 8.46. The van der Waals surface area contributed by atoms with Crippen molar-refractivity contribution in [2.75, 3.05) is 17.6 Å². The Kier molecular flexibility index (Phi) is 8.62. The lowest BCUT2D eigenvalue weighted by atomic mass is 10.2. The molecule has 0 unspecified atom stereocenters. The van der Waals surface area contributed by atoms with Crippen LogP contribution in [0.15, 0.2) is 60.3 Å². The Morgan fingerprint density at radius 3 is 2.76 bits per heavy atom. The number of nitrogens with zero attached hydrogens (tertiary/aromatic N) is 3. The Morgan fingerprint density at radius 2 is 2.03 bits per heavy atom. The predicted molar refractivity (Wildman–Crippen MR) is 128 cm³/mol. The molecule has 0 fully saturated rings. The van der Waals surface area contributed by atoms with Crippen LogP contribution in [-0.2, 0) is 17.8 Å². The average Bonchev–Trinajstić information content (AvgIpc) is 3.16. The number of carbonyl (C=O) groups excluding carboxylic acids is 2. The van der Waals surface area contributed by atoms with Crippen LogP contribution in [0.5, 0.6) is 0 Å². The minimum atomic E-state index is -0.574. The number of halogens is 2. The molecule has 10 heteroatoms. The highest BCUT2D eigenvalue weighted by atomic mass is 35.5. The number of thioether (sulfide) groups is 1. The van der Waals surface area contributed by atoms with E-state index in [4.69, 9.17) is 11.6 Å². The van der Waals surface area contributed by atoms with E-state index in [9.17, 15) is 14.0 Å². The van der Waals surface area contributed by atoms with E-state index in [1.54, 1.807) is 30.3 Å². The molecule has 3 rings (SSSR count). The summed E-state index contributed by atoms with van der Waals surface area (Å²) in [5.41, 5.74) is 1.56. The van der Waals surface area contributed by atoms with Gasteiger partial charge in [-0.15, -0.1) is 16.8 Å². The predicted octanol–water partition coefficient (Wildman–Crippen LogP) is 4.27. The summed E-state index contributed by atoms with van der Waals surface area (Å²) in [6.45, 7) is 6.33.